The van der Waals surface area contributed by atoms with Crippen LogP contribution in [-0.2, 0) is 4.79 Å². The van der Waals surface area contributed by atoms with E-state index in [0.717, 1.165) is 16.8 Å². The van der Waals surface area contributed by atoms with Crippen molar-refractivity contribution in [3.63, 3.8) is 0 Å². The van der Waals surface area contributed by atoms with E-state index in [1.165, 1.54) is 12.1 Å². The molecule has 2 aromatic rings. The number of rotatable bonds is 3. The molecule has 130 valence electrons. The van der Waals surface area contributed by atoms with Gasteiger partial charge in [0.05, 0.1) is 6.04 Å². The number of benzene rings is 2. The summed E-state index contributed by atoms with van der Waals surface area (Å²) in [6.07, 6.45) is 0.220. The summed E-state index contributed by atoms with van der Waals surface area (Å²) in [5, 5.41) is 5.62. The molecule has 3 amide bonds. The molecule has 25 heavy (non-hydrogen) atoms. The van der Waals surface area contributed by atoms with Crippen LogP contribution in [0, 0.1) is 19.7 Å². The normalized spacial score (nSPS) is 16.8. The topological polar surface area (TPSA) is 61.4 Å². The van der Waals surface area contributed by atoms with E-state index in [0.29, 0.717) is 12.2 Å². The summed E-state index contributed by atoms with van der Waals surface area (Å²) in [6.45, 7) is 4.29. The molecule has 1 aliphatic rings. The van der Waals surface area contributed by atoms with E-state index in [1.54, 1.807) is 17.0 Å². The van der Waals surface area contributed by atoms with Gasteiger partial charge in [-0.1, -0.05) is 6.07 Å². The van der Waals surface area contributed by atoms with Gasteiger partial charge in [-0.3, -0.25) is 4.79 Å². The summed E-state index contributed by atoms with van der Waals surface area (Å²) in [5.41, 5.74) is 3.47. The minimum absolute atomic E-state index is 0.0942. The van der Waals surface area contributed by atoms with Gasteiger partial charge >= 0.3 is 6.03 Å². The molecule has 0 spiro atoms. The summed E-state index contributed by atoms with van der Waals surface area (Å²) in [4.78, 5) is 25.9. The zero-order valence-corrected chi connectivity index (χ0v) is 14.2. The Morgan fingerprint density at radius 2 is 1.76 bits per heavy atom. The van der Waals surface area contributed by atoms with E-state index < -0.39 is 0 Å². The molecule has 0 unspecified atom stereocenters. The van der Waals surface area contributed by atoms with Gasteiger partial charge in [0.15, 0.2) is 0 Å². The number of carbonyl (C=O) groups excluding carboxylic acids is 2. The number of nitrogens with one attached hydrogen (secondary N) is 2. The maximum Gasteiger partial charge on any atom is 0.319 e. The third-order valence-corrected chi connectivity index (χ3v) is 4.08. The van der Waals surface area contributed by atoms with Crippen LogP contribution in [0.3, 0.4) is 0 Å². The van der Waals surface area contributed by atoms with Crippen molar-refractivity contribution >= 4 is 23.3 Å². The Bertz CT molecular complexity index is 785. The highest BCUT2D eigenvalue weighted by atomic mass is 19.1. The lowest BCUT2D eigenvalue weighted by Crippen LogP contribution is -2.39. The standard InChI is InChI=1S/C19H20FN3O2/c1-12-7-13(2)9-15(8-12)21-19(25)22-16-10-18(24)23(11-16)17-5-3-14(20)4-6-17/h3-9,16H,10-11H2,1-2H3,(H2,21,22,25)/t16-/m0/s1. The lowest BCUT2D eigenvalue weighted by atomic mass is 10.1. The minimum Gasteiger partial charge on any atom is -0.333 e. The van der Waals surface area contributed by atoms with Gasteiger partial charge in [-0.15, -0.1) is 0 Å². The molecule has 0 radical (unpaired) electrons. The molecular weight excluding hydrogens is 321 g/mol. The Balaban J connectivity index is 1.61. The molecule has 1 saturated heterocycles. The zero-order chi connectivity index (χ0) is 18.0. The van der Waals surface area contributed by atoms with Crippen molar-refractivity contribution in [1.82, 2.24) is 5.32 Å². The number of carbonyl (C=O) groups is 2. The number of hydrogen-bond donors (Lipinski definition) is 2. The number of amides is 3. The molecule has 2 aromatic carbocycles. The second-order valence-corrected chi connectivity index (χ2v) is 6.36. The second-order valence-electron chi connectivity index (χ2n) is 6.36. The number of urea groups is 1. The zero-order valence-electron chi connectivity index (χ0n) is 14.2. The van der Waals surface area contributed by atoms with Crippen LogP contribution in [0.5, 0.6) is 0 Å². The van der Waals surface area contributed by atoms with E-state index >= 15 is 0 Å². The molecule has 0 aliphatic carbocycles. The predicted octanol–water partition coefficient (Wildman–Crippen LogP) is 3.37. The van der Waals surface area contributed by atoms with E-state index in [4.69, 9.17) is 0 Å². The smallest absolute Gasteiger partial charge is 0.319 e. The number of hydrogen-bond acceptors (Lipinski definition) is 2. The molecule has 6 heteroatoms. The van der Waals surface area contributed by atoms with Crippen LogP contribution >= 0.6 is 0 Å². The molecule has 5 nitrogen and oxygen atoms in total. The van der Waals surface area contributed by atoms with Crippen LogP contribution in [0.25, 0.3) is 0 Å². The number of aryl methyl sites for hydroxylation is 2. The van der Waals surface area contributed by atoms with Gasteiger partial charge in [0.1, 0.15) is 5.82 Å². The van der Waals surface area contributed by atoms with Gasteiger partial charge in [0.2, 0.25) is 5.91 Å². The number of halogens is 1. The highest BCUT2D eigenvalue weighted by Gasteiger charge is 2.31. The van der Waals surface area contributed by atoms with Gasteiger partial charge in [0, 0.05) is 24.3 Å². The Morgan fingerprint density at radius 1 is 1.12 bits per heavy atom. The number of nitrogens with zero attached hydrogens (tertiary/aromatic N) is 1. The Labute approximate surface area is 145 Å². The van der Waals surface area contributed by atoms with Gasteiger partial charge in [-0.05, 0) is 61.4 Å². The third-order valence-electron chi connectivity index (χ3n) is 4.08. The van der Waals surface area contributed by atoms with Crippen LogP contribution < -0.4 is 15.5 Å². The molecule has 1 heterocycles. The van der Waals surface area contributed by atoms with Crippen LogP contribution in [0.15, 0.2) is 42.5 Å². The molecule has 0 saturated carbocycles. The van der Waals surface area contributed by atoms with Gasteiger partial charge < -0.3 is 15.5 Å². The van der Waals surface area contributed by atoms with Crippen molar-refractivity contribution in [2.75, 3.05) is 16.8 Å². The van der Waals surface area contributed by atoms with Crippen molar-refractivity contribution < 1.29 is 14.0 Å². The van der Waals surface area contributed by atoms with Crippen molar-refractivity contribution in [1.29, 1.82) is 0 Å². The molecular formula is C19H20FN3O2. The maximum absolute atomic E-state index is 13.0. The predicted molar refractivity (Wildman–Crippen MR) is 95.2 cm³/mol. The van der Waals surface area contributed by atoms with E-state index in [-0.39, 0.29) is 30.2 Å². The average molecular weight is 341 g/mol. The maximum atomic E-state index is 13.0. The second kappa shape index (κ2) is 6.93. The number of anilines is 2. The van der Waals surface area contributed by atoms with E-state index in [9.17, 15) is 14.0 Å². The first-order valence-electron chi connectivity index (χ1n) is 8.12. The Kier molecular flexibility index (Phi) is 4.70. The fourth-order valence-electron chi connectivity index (χ4n) is 3.07. The first kappa shape index (κ1) is 17.0. The monoisotopic (exact) mass is 341 g/mol. The molecule has 1 atom stereocenters. The summed E-state index contributed by atoms with van der Waals surface area (Å²) in [5.74, 6) is -0.443. The van der Waals surface area contributed by atoms with Gasteiger partial charge in [0.25, 0.3) is 0 Å². The van der Waals surface area contributed by atoms with E-state index in [1.807, 2.05) is 32.0 Å². The first-order valence-corrected chi connectivity index (χ1v) is 8.12. The molecule has 1 aliphatic heterocycles. The van der Waals surface area contributed by atoms with E-state index in [2.05, 4.69) is 10.6 Å². The lowest BCUT2D eigenvalue weighted by molar-refractivity contribution is -0.117. The highest BCUT2D eigenvalue weighted by Crippen LogP contribution is 2.22. The average Bonchev–Trinajstić information content (AvgIpc) is 2.87. The van der Waals surface area contributed by atoms with Crippen molar-refractivity contribution in [2.24, 2.45) is 0 Å². The molecule has 3 rings (SSSR count). The fraction of sp³-hybridized carbons (Fsp3) is 0.263. The molecule has 0 aromatic heterocycles. The van der Waals surface area contributed by atoms with Crippen LogP contribution in [-0.4, -0.2) is 24.5 Å². The van der Waals surface area contributed by atoms with Crippen molar-refractivity contribution in [3.05, 3.63) is 59.4 Å². The lowest BCUT2D eigenvalue weighted by Gasteiger charge is -2.17. The molecule has 1 fully saturated rings. The van der Waals surface area contributed by atoms with Crippen LogP contribution in [0.2, 0.25) is 0 Å². The first-order chi connectivity index (χ1) is 11.9. The third kappa shape index (κ3) is 4.15. The summed E-state index contributed by atoms with van der Waals surface area (Å²) in [7, 11) is 0. The SMILES string of the molecule is Cc1cc(C)cc(NC(=O)N[C@H]2CC(=O)N(c3ccc(F)cc3)C2)c1. The summed E-state index contributed by atoms with van der Waals surface area (Å²) < 4.78 is 13.0. The Hall–Kier alpha value is -2.89. The fourth-order valence-corrected chi connectivity index (χ4v) is 3.07. The van der Waals surface area contributed by atoms with Crippen molar-refractivity contribution in [3.8, 4) is 0 Å². The quantitative estimate of drug-likeness (QED) is 0.899. The summed E-state index contributed by atoms with van der Waals surface area (Å²) >= 11 is 0. The van der Waals surface area contributed by atoms with Crippen molar-refractivity contribution in [2.45, 2.75) is 26.3 Å². The molecule has 0 bridgehead atoms. The van der Waals surface area contributed by atoms with Gasteiger partial charge in [-0.25, -0.2) is 9.18 Å². The highest BCUT2D eigenvalue weighted by molar-refractivity contribution is 5.97. The van der Waals surface area contributed by atoms with Crippen LogP contribution in [0.1, 0.15) is 17.5 Å². The van der Waals surface area contributed by atoms with Crippen LogP contribution in [0.4, 0.5) is 20.6 Å². The minimum atomic E-state index is -0.349. The van der Waals surface area contributed by atoms with Gasteiger partial charge in [-0.2, -0.15) is 0 Å². The Morgan fingerprint density at radius 3 is 2.40 bits per heavy atom. The molecule has 2 N–H and O–H groups in total. The summed E-state index contributed by atoms with van der Waals surface area (Å²) in [6, 6.07) is 10.9. The largest absolute Gasteiger partial charge is 0.333 e.